The summed E-state index contributed by atoms with van der Waals surface area (Å²) in [5.41, 5.74) is 0. The fourth-order valence-electron chi connectivity index (χ4n) is 5.03. The first-order valence-electron chi connectivity index (χ1n) is 17.0. The van der Waals surface area contributed by atoms with Crippen molar-refractivity contribution in [3.05, 3.63) is 0 Å². The number of carbonyl (C=O) groups is 1. The molecular formula is C34H68O2S. The van der Waals surface area contributed by atoms with E-state index in [0.717, 1.165) is 12.2 Å². The van der Waals surface area contributed by atoms with E-state index < -0.39 is 0 Å². The molecule has 0 fully saturated rings. The second-order valence-corrected chi connectivity index (χ2v) is 12.6. The quantitative estimate of drug-likeness (QED) is 0.0626. The van der Waals surface area contributed by atoms with Gasteiger partial charge in [-0.3, -0.25) is 4.79 Å². The van der Waals surface area contributed by atoms with Crippen molar-refractivity contribution in [3.8, 4) is 0 Å². The minimum Gasteiger partial charge on any atom is -0.466 e. The molecule has 0 amide bonds. The van der Waals surface area contributed by atoms with Gasteiger partial charge in [0.25, 0.3) is 0 Å². The van der Waals surface area contributed by atoms with Crippen LogP contribution >= 0.6 is 11.8 Å². The fraction of sp³-hybridized carbons (Fsp3) is 0.971. The van der Waals surface area contributed by atoms with Crippen LogP contribution < -0.4 is 0 Å². The van der Waals surface area contributed by atoms with Gasteiger partial charge in [0.05, 0.1) is 13.0 Å². The molecule has 0 aliphatic heterocycles. The van der Waals surface area contributed by atoms with Gasteiger partial charge < -0.3 is 4.74 Å². The summed E-state index contributed by atoms with van der Waals surface area (Å²) in [7, 11) is 0. The molecule has 0 saturated heterocycles. The highest BCUT2D eigenvalue weighted by Gasteiger charge is 2.03. The van der Waals surface area contributed by atoms with E-state index in [-0.39, 0.29) is 5.97 Å². The molecular weight excluding hydrogens is 472 g/mol. The van der Waals surface area contributed by atoms with Gasteiger partial charge in [0.2, 0.25) is 0 Å². The highest BCUT2D eigenvalue weighted by Crippen LogP contribution is 2.15. The van der Waals surface area contributed by atoms with E-state index in [2.05, 4.69) is 13.8 Å². The van der Waals surface area contributed by atoms with Crippen molar-refractivity contribution in [1.29, 1.82) is 0 Å². The Hall–Kier alpha value is -0.180. The summed E-state index contributed by atoms with van der Waals surface area (Å²) in [5, 5.41) is 0. The first-order chi connectivity index (χ1) is 18.3. The molecule has 0 aliphatic rings. The smallest absolute Gasteiger partial charge is 0.306 e. The Balaban J connectivity index is 3.13. The third kappa shape index (κ3) is 33.8. The van der Waals surface area contributed by atoms with Crippen molar-refractivity contribution < 1.29 is 9.53 Å². The minimum atomic E-state index is 0.00654. The third-order valence-electron chi connectivity index (χ3n) is 7.60. The SMILES string of the molecule is CCCCCCCCCCCCCCCCCSCCC(=O)OCCCCCCCCCCCCCC. The van der Waals surface area contributed by atoms with Crippen LogP contribution in [0.3, 0.4) is 0 Å². The third-order valence-corrected chi connectivity index (χ3v) is 8.67. The number of unbranched alkanes of at least 4 members (excludes halogenated alkanes) is 25. The Morgan fingerprint density at radius 3 is 1.14 bits per heavy atom. The minimum absolute atomic E-state index is 0.00654. The maximum absolute atomic E-state index is 11.9. The predicted octanol–water partition coefficient (Wildman–Crippen LogP) is 12.2. The maximum Gasteiger partial charge on any atom is 0.306 e. The van der Waals surface area contributed by atoms with Crippen molar-refractivity contribution in [2.75, 3.05) is 18.1 Å². The van der Waals surface area contributed by atoms with Crippen LogP contribution in [0.2, 0.25) is 0 Å². The lowest BCUT2D eigenvalue weighted by Crippen LogP contribution is -2.07. The first-order valence-corrected chi connectivity index (χ1v) is 18.2. The molecule has 0 atom stereocenters. The number of thioether (sulfide) groups is 1. The van der Waals surface area contributed by atoms with E-state index in [1.54, 1.807) is 0 Å². The summed E-state index contributed by atoms with van der Waals surface area (Å²) in [5.74, 6) is 2.13. The largest absolute Gasteiger partial charge is 0.466 e. The maximum atomic E-state index is 11.9. The van der Waals surface area contributed by atoms with Gasteiger partial charge >= 0.3 is 5.97 Å². The van der Waals surface area contributed by atoms with Crippen molar-refractivity contribution in [3.63, 3.8) is 0 Å². The normalized spacial score (nSPS) is 11.3. The van der Waals surface area contributed by atoms with Crippen molar-refractivity contribution in [1.82, 2.24) is 0 Å². The van der Waals surface area contributed by atoms with Gasteiger partial charge in [-0.05, 0) is 18.6 Å². The number of esters is 1. The topological polar surface area (TPSA) is 26.3 Å². The molecule has 0 aromatic carbocycles. The molecule has 0 aliphatic carbocycles. The Labute approximate surface area is 238 Å². The average molecular weight is 541 g/mol. The van der Waals surface area contributed by atoms with E-state index in [9.17, 15) is 4.79 Å². The lowest BCUT2D eigenvalue weighted by atomic mass is 10.0. The molecule has 0 unspecified atom stereocenters. The van der Waals surface area contributed by atoms with Gasteiger partial charge in [0.15, 0.2) is 0 Å². The number of carbonyl (C=O) groups excluding carboxylic acids is 1. The van der Waals surface area contributed by atoms with Gasteiger partial charge in [-0.1, -0.05) is 174 Å². The van der Waals surface area contributed by atoms with Crippen LogP contribution in [-0.4, -0.2) is 24.1 Å². The molecule has 0 aromatic heterocycles. The Morgan fingerprint density at radius 1 is 0.432 bits per heavy atom. The summed E-state index contributed by atoms with van der Waals surface area (Å²) < 4.78 is 5.41. The monoisotopic (exact) mass is 540 g/mol. The highest BCUT2D eigenvalue weighted by molar-refractivity contribution is 7.99. The molecule has 0 saturated carbocycles. The van der Waals surface area contributed by atoms with Crippen molar-refractivity contribution in [2.45, 2.75) is 194 Å². The summed E-state index contributed by atoms with van der Waals surface area (Å²) in [6, 6.07) is 0. The molecule has 0 rings (SSSR count). The summed E-state index contributed by atoms with van der Waals surface area (Å²) >= 11 is 1.93. The average Bonchev–Trinajstić information content (AvgIpc) is 2.90. The van der Waals surface area contributed by atoms with Gasteiger partial charge in [-0.15, -0.1) is 0 Å². The Bertz CT molecular complexity index is 426. The van der Waals surface area contributed by atoms with Crippen LogP contribution in [0.15, 0.2) is 0 Å². The molecule has 2 nitrogen and oxygen atoms in total. The molecule has 0 spiro atoms. The molecule has 0 N–H and O–H groups in total. The molecule has 3 heteroatoms. The number of hydrogen-bond acceptors (Lipinski definition) is 3. The molecule has 37 heavy (non-hydrogen) atoms. The van der Waals surface area contributed by atoms with Crippen LogP contribution in [0.4, 0.5) is 0 Å². The molecule has 0 radical (unpaired) electrons. The van der Waals surface area contributed by atoms with E-state index in [1.807, 2.05) is 11.8 Å². The van der Waals surface area contributed by atoms with Crippen molar-refractivity contribution in [2.24, 2.45) is 0 Å². The fourth-order valence-corrected chi connectivity index (χ4v) is 5.96. The van der Waals surface area contributed by atoms with Crippen molar-refractivity contribution >= 4 is 17.7 Å². The van der Waals surface area contributed by atoms with E-state index >= 15 is 0 Å². The van der Waals surface area contributed by atoms with Crippen LogP contribution in [0.5, 0.6) is 0 Å². The van der Waals surface area contributed by atoms with Crippen LogP contribution in [0.25, 0.3) is 0 Å². The van der Waals surface area contributed by atoms with Gasteiger partial charge in [-0.25, -0.2) is 0 Å². The number of rotatable bonds is 32. The summed E-state index contributed by atoms with van der Waals surface area (Å²) in [6.07, 6.45) is 37.9. The molecule has 0 heterocycles. The zero-order valence-electron chi connectivity index (χ0n) is 25.6. The summed E-state index contributed by atoms with van der Waals surface area (Å²) in [6.45, 7) is 5.20. The lowest BCUT2D eigenvalue weighted by Gasteiger charge is -2.06. The second-order valence-electron chi connectivity index (χ2n) is 11.4. The number of ether oxygens (including phenoxy) is 1. The van der Waals surface area contributed by atoms with Gasteiger partial charge in [-0.2, -0.15) is 11.8 Å². The lowest BCUT2D eigenvalue weighted by molar-refractivity contribution is -0.143. The van der Waals surface area contributed by atoms with E-state index in [0.29, 0.717) is 13.0 Å². The van der Waals surface area contributed by atoms with E-state index in [4.69, 9.17) is 4.74 Å². The van der Waals surface area contributed by atoms with Gasteiger partial charge in [0, 0.05) is 5.75 Å². The van der Waals surface area contributed by atoms with Gasteiger partial charge in [0.1, 0.15) is 0 Å². The van der Waals surface area contributed by atoms with E-state index in [1.165, 1.54) is 173 Å². The summed E-state index contributed by atoms with van der Waals surface area (Å²) in [4.78, 5) is 11.9. The first kappa shape index (κ1) is 36.8. The Morgan fingerprint density at radius 2 is 0.757 bits per heavy atom. The standard InChI is InChI=1S/C34H68O2S/c1-3-5-7-9-11-13-15-17-18-19-21-23-25-27-29-32-37-33-30-34(35)36-31-28-26-24-22-20-16-14-12-10-8-6-4-2/h3-33H2,1-2H3. The zero-order valence-corrected chi connectivity index (χ0v) is 26.5. The van der Waals surface area contributed by atoms with Crippen LogP contribution in [-0.2, 0) is 9.53 Å². The number of hydrogen-bond donors (Lipinski definition) is 0. The molecule has 222 valence electrons. The highest BCUT2D eigenvalue weighted by atomic mass is 32.2. The zero-order chi connectivity index (χ0) is 26.9. The second kappa shape index (κ2) is 33.8. The van der Waals surface area contributed by atoms with Crippen LogP contribution in [0, 0.1) is 0 Å². The molecule has 0 aromatic rings. The molecule has 0 bridgehead atoms. The van der Waals surface area contributed by atoms with Crippen LogP contribution in [0.1, 0.15) is 194 Å². The predicted molar refractivity (Wildman–Crippen MR) is 169 cm³/mol. The Kier molecular flexibility index (Phi) is 33.7.